The first-order chi connectivity index (χ1) is 9.44. The van der Waals surface area contributed by atoms with Crippen molar-refractivity contribution in [1.82, 2.24) is 10.2 Å². The number of nitrogens with zero attached hydrogens (tertiary/aromatic N) is 1. The fourth-order valence-corrected chi connectivity index (χ4v) is 4.42. The van der Waals surface area contributed by atoms with E-state index in [0.29, 0.717) is 5.54 Å². The summed E-state index contributed by atoms with van der Waals surface area (Å²) in [6, 6.07) is 0.756. The predicted octanol–water partition coefficient (Wildman–Crippen LogP) is 3.91. The van der Waals surface area contributed by atoms with Crippen molar-refractivity contribution in [2.45, 2.75) is 78.3 Å². The number of nitrogens with one attached hydrogen (secondary N) is 1. The smallest absolute Gasteiger partial charge is 0.0153 e. The second kappa shape index (κ2) is 6.79. The highest BCUT2D eigenvalue weighted by atomic mass is 15.2. The molecule has 0 radical (unpaired) electrons. The Morgan fingerprint density at radius 3 is 2.55 bits per heavy atom. The molecule has 0 aromatic heterocycles. The minimum Gasteiger partial charge on any atom is -0.314 e. The molecule has 1 N–H and O–H groups in total. The zero-order chi connectivity index (χ0) is 14.8. The maximum absolute atomic E-state index is 3.77. The van der Waals surface area contributed by atoms with E-state index in [9.17, 15) is 0 Å². The lowest BCUT2D eigenvalue weighted by molar-refractivity contribution is 0.0894. The maximum Gasteiger partial charge on any atom is 0.0153 e. The van der Waals surface area contributed by atoms with E-state index in [-0.39, 0.29) is 0 Å². The van der Waals surface area contributed by atoms with Crippen LogP contribution in [0.15, 0.2) is 0 Å². The van der Waals surface area contributed by atoms with Crippen molar-refractivity contribution in [3.05, 3.63) is 0 Å². The van der Waals surface area contributed by atoms with E-state index in [1.54, 1.807) is 0 Å². The molecule has 0 bridgehead atoms. The highest BCUT2D eigenvalue weighted by Gasteiger charge is 2.37. The summed E-state index contributed by atoms with van der Waals surface area (Å²) in [7, 11) is 0. The van der Waals surface area contributed by atoms with Gasteiger partial charge in [0.1, 0.15) is 0 Å². The molecule has 2 nitrogen and oxygen atoms in total. The van der Waals surface area contributed by atoms with Crippen molar-refractivity contribution < 1.29 is 0 Å². The van der Waals surface area contributed by atoms with Crippen LogP contribution in [0.1, 0.15) is 66.7 Å². The van der Waals surface area contributed by atoms with E-state index in [1.165, 1.54) is 45.2 Å². The van der Waals surface area contributed by atoms with Crippen LogP contribution in [0.2, 0.25) is 0 Å². The lowest BCUT2D eigenvalue weighted by Crippen LogP contribution is -2.49. The Morgan fingerprint density at radius 2 is 2.00 bits per heavy atom. The average Bonchev–Trinajstić information content (AvgIpc) is 2.71. The molecular formula is C18H36N2. The van der Waals surface area contributed by atoms with Gasteiger partial charge in [-0.3, -0.25) is 4.90 Å². The number of likely N-dealkylation sites (tertiary alicyclic amines) is 1. The summed E-state index contributed by atoms with van der Waals surface area (Å²) < 4.78 is 0. The number of rotatable bonds is 5. The molecule has 118 valence electrons. The standard InChI is InChI=1S/C18H36N2/c1-6-19-17-9-8-15(14(2)3)12-16(17)13-20-11-7-10-18(20,4)5/h14-17,19H,6-13H2,1-5H3. The SMILES string of the molecule is CCNC1CCC(C(C)C)CC1CN1CCCC1(C)C. The molecule has 2 fully saturated rings. The lowest BCUT2D eigenvalue weighted by Gasteiger charge is -2.42. The van der Waals surface area contributed by atoms with Gasteiger partial charge in [-0.25, -0.2) is 0 Å². The average molecular weight is 280 g/mol. The Kier molecular flexibility index (Phi) is 5.53. The third-order valence-electron chi connectivity index (χ3n) is 5.96. The van der Waals surface area contributed by atoms with Crippen LogP contribution in [-0.2, 0) is 0 Å². The van der Waals surface area contributed by atoms with Crippen LogP contribution in [0.3, 0.4) is 0 Å². The minimum atomic E-state index is 0.432. The van der Waals surface area contributed by atoms with Crippen molar-refractivity contribution in [2.75, 3.05) is 19.6 Å². The van der Waals surface area contributed by atoms with Crippen molar-refractivity contribution in [1.29, 1.82) is 0 Å². The molecule has 1 aliphatic heterocycles. The van der Waals surface area contributed by atoms with Crippen LogP contribution in [0.4, 0.5) is 0 Å². The van der Waals surface area contributed by atoms with E-state index in [1.807, 2.05) is 0 Å². The second-order valence-electron chi connectivity index (χ2n) is 8.10. The van der Waals surface area contributed by atoms with Crippen LogP contribution in [0.25, 0.3) is 0 Å². The molecule has 20 heavy (non-hydrogen) atoms. The first-order valence-electron chi connectivity index (χ1n) is 8.92. The van der Waals surface area contributed by atoms with Crippen molar-refractivity contribution in [3.8, 4) is 0 Å². The predicted molar refractivity (Wildman–Crippen MR) is 88.0 cm³/mol. The van der Waals surface area contributed by atoms with Crippen molar-refractivity contribution >= 4 is 0 Å². The molecule has 2 heteroatoms. The first-order valence-corrected chi connectivity index (χ1v) is 8.92. The Morgan fingerprint density at radius 1 is 1.25 bits per heavy atom. The van der Waals surface area contributed by atoms with Gasteiger partial charge in [0.05, 0.1) is 0 Å². The van der Waals surface area contributed by atoms with Crippen LogP contribution < -0.4 is 5.32 Å². The molecule has 2 rings (SSSR count). The van der Waals surface area contributed by atoms with Gasteiger partial charge in [-0.2, -0.15) is 0 Å². The van der Waals surface area contributed by atoms with Gasteiger partial charge in [0.25, 0.3) is 0 Å². The molecule has 1 heterocycles. The quantitative estimate of drug-likeness (QED) is 0.821. The third kappa shape index (κ3) is 3.76. The van der Waals surface area contributed by atoms with Gasteiger partial charge in [-0.1, -0.05) is 20.8 Å². The van der Waals surface area contributed by atoms with Gasteiger partial charge in [0.2, 0.25) is 0 Å². The summed E-state index contributed by atoms with van der Waals surface area (Å²) in [5.41, 5.74) is 0.432. The Hall–Kier alpha value is -0.0800. The van der Waals surface area contributed by atoms with E-state index in [0.717, 1.165) is 30.3 Å². The molecule has 1 saturated carbocycles. The summed E-state index contributed by atoms with van der Waals surface area (Å²) in [6.07, 6.45) is 7.01. The fraction of sp³-hybridized carbons (Fsp3) is 1.00. The van der Waals surface area contributed by atoms with Gasteiger partial charge in [-0.15, -0.1) is 0 Å². The summed E-state index contributed by atoms with van der Waals surface area (Å²) in [4.78, 5) is 2.77. The van der Waals surface area contributed by atoms with Crippen molar-refractivity contribution in [2.24, 2.45) is 17.8 Å². The van der Waals surface area contributed by atoms with Gasteiger partial charge in [0, 0.05) is 18.1 Å². The van der Waals surface area contributed by atoms with E-state index < -0.39 is 0 Å². The Labute approximate surface area is 126 Å². The molecule has 0 amide bonds. The molecule has 3 unspecified atom stereocenters. The van der Waals surface area contributed by atoms with E-state index in [4.69, 9.17) is 0 Å². The molecule has 1 saturated heterocycles. The minimum absolute atomic E-state index is 0.432. The van der Waals surface area contributed by atoms with Gasteiger partial charge < -0.3 is 5.32 Å². The van der Waals surface area contributed by atoms with Crippen LogP contribution in [0.5, 0.6) is 0 Å². The van der Waals surface area contributed by atoms with Crippen LogP contribution in [-0.4, -0.2) is 36.1 Å². The second-order valence-corrected chi connectivity index (χ2v) is 8.10. The normalized spacial score (nSPS) is 34.8. The number of hydrogen-bond donors (Lipinski definition) is 1. The molecule has 3 atom stereocenters. The van der Waals surface area contributed by atoms with E-state index >= 15 is 0 Å². The van der Waals surface area contributed by atoms with Crippen molar-refractivity contribution in [3.63, 3.8) is 0 Å². The summed E-state index contributed by atoms with van der Waals surface area (Å²) in [6.45, 7) is 15.7. The monoisotopic (exact) mass is 280 g/mol. The molecule has 1 aliphatic carbocycles. The zero-order valence-electron chi connectivity index (χ0n) is 14.4. The van der Waals surface area contributed by atoms with Gasteiger partial charge in [0.15, 0.2) is 0 Å². The largest absolute Gasteiger partial charge is 0.314 e. The third-order valence-corrected chi connectivity index (χ3v) is 5.96. The van der Waals surface area contributed by atoms with E-state index in [2.05, 4.69) is 44.8 Å². The molecule has 0 aromatic rings. The zero-order valence-corrected chi connectivity index (χ0v) is 14.4. The first kappa shape index (κ1) is 16.3. The number of hydrogen-bond acceptors (Lipinski definition) is 2. The summed E-state index contributed by atoms with van der Waals surface area (Å²) in [5, 5.41) is 3.77. The van der Waals surface area contributed by atoms with Crippen LogP contribution >= 0.6 is 0 Å². The summed E-state index contributed by atoms with van der Waals surface area (Å²) >= 11 is 0. The van der Waals surface area contributed by atoms with Gasteiger partial charge >= 0.3 is 0 Å². The molecular weight excluding hydrogens is 244 g/mol. The lowest BCUT2D eigenvalue weighted by atomic mass is 9.73. The summed E-state index contributed by atoms with van der Waals surface area (Å²) in [5.74, 6) is 2.65. The molecule has 0 spiro atoms. The van der Waals surface area contributed by atoms with Gasteiger partial charge in [-0.05, 0) is 76.8 Å². The van der Waals surface area contributed by atoms with Crippen LogP contribution in [0, 0.1) is 17.8 Å². The Balaban J connectivity index is 1.99. The topological polar surface area (TPSA) is 15.3 Å². The molecule has 2 aliphatic rings. The highest BCUT2D eigenvalue weighted by molar-refractivity contribution is 4.93. The fourth-order valence-electron chi connectivity index (χ4n) is 4.42. The maximum atomic E-state index is 3.77. The Bertz CT molecular complexity index is 298. The highest BCUT2D eigenvalue weighted by Crippen LogP contribution is 2.37. The molecule has 0 aromatic carbocycles.